The molecule has 7 nitrogen and oxygen atoms in total. The first-order valence-corrected chi connectivity index (χ1v) is 8.41. The highest BCUT2D eigenvalue weighted by Gasteiger charge is 2.31. The third-order valence-electron chi connectivity index (χ3n) is 4.43. The lowest BCUT2D eigenvalue weighted by Gasteiger charge is -2.34. The molecule has 1 aliphatic heterocycles. The van der Waals surface area contributed by atoms with E-state index in [0.717, 1.165) is 5.56 Å². The zero-order chi connectivity index (χ0) is 18.4. The molecule has 0 spiro atoms. The molecule has 2 amide bonds. The van der Waals surface area contributed by atoms with E-state index in [1.165, 1.54) is 0 Å². The van der Waals surface area contributed by atoms with E-state index in [0.29, 0.717) is 37.4 Å². The molecule has 0 bridgehead atoms. The first-order chi connectivity index (χ1) is 11.9. The summed E-state index contributed by atoms with van der Waals surface area (Å²) in [7, 11) is 3.17. The molecule has 0 saturated carbocycles. The summed E-state index contributed by atoms with van der Waals surface area (Å²) < 4.78 is 10.5. The molecule has 1 heterocycles. The van der Waals surface area contributed by atoms with Crippen molar-refractivity contribution in [1.82, 2.24) is 10.2 Å². The van der Waals surface area contributed by atoms with Gasteiger partial charge < -0.3 is 24.8 Å². The van der Waals surface area contributed by atoms with Crippen molar-refractivity contribution in [2.45, 2.75) is 19.8 Å². The number of piperidine rings is 1. The second kappa shape index (κ2) is 8.60. The maximum Gasteiger partial charge on any atom is 0.317 e. The number of nitrogens with one attached hydrogen (secondary N) is 1. The Morgan fingerprint density at radius 2 is 1.96 bits per heavy atom. The quantitative estimate of drug-likeness (QED) is 0.819. The summed E-state index contributed by atoms with van der Waals surface area (Å²) in [6.07, 6.45) is 1.27. The number of nitrogens with zero attached hydrogens (tertiary/aromatic N) is 1. The van der Waals surface area contributed by atoms with E-state index in [1.807, 2.05) is 25.1 Å². The summed E-state index contributed by atoms with van der Waals surface area (Å²) in [5.41, 5.74) is 1.02. The molecule has 25 heavy (non-hydrogen) atoms. The predicted molar refractivity (Wildman–Crippen MR) is 93.1 cm³/mol. The van der Waals surface area contributed by atoms with Crippen LogP contribution < -0.4 is 14.8 Å². The number of likely N-dealkylation sites (tertiary alicyclic amines) is 1. The highest BCUT2D eigenvalue weighted by molar-refractivity contribution is 5.76. The normalized spacial score (nSPS) is 20.0. The minimum absolute atomic E-state index is 0.187. The molecule has 2 unspecified atom stereocenters. The van der Waals surface area contributed by atoms with Gasteiger partial charge in [-0.2, -0.15) is 0 Å². The molecule has 1 aromatic carbocycles. The van der Waals surface area contributed by atoms with Crippen LogP contribution in [0.1, 0.15) is 18.9 Å². The number of carbonyl (C=O) groups is 2. The van der Waals surface area contributed by atoms with Crippen molar-refractivity contribution in [1.29, 1.82) is 0 Å². The van der Waals surface area contributed by atoms with Gasteiger partial charge >= 0.3 is 12.0 Å². The van der Waals surface area contributed by atoms with Crippen molar-refractivity contribution >= 4 is 12.0 Å². The molecule has 0 radical (unpaired) electrons. The van der Waals surface area contributed by atoms with Crippen LogP contribution in [0.5, 0.6) is 11.5 Å². The third-order valence-corrected chi connectivity index (χ3v) is 4.43. The van der Waals surface area contributed by atoms with Crippen LogP contribution in [0, 0.1) is 11.8 Å². The molecule has 1 aliphatic rings. The number of carboxylic acids is 1. The molecule has 0 aromatic heterocycles. The predicted octanol–water partition coefficient (Wildman–Crippen LogP) is 2.00. The van der Waals surface area contributed by atoms with Crippen LogP contribution in [0.25, 0.3) is 0 Å². The number of aliphatic carboxylic acids is 1. The summed E-state index contributed by atoms with van der Waals surface area (Å²) >= 11 is 0. The minimum Gasteiger partial charge on any atom is -0.493 e. The van der Waals surface area contributed by atoms with Crippen molar-refractivity contribution in [2.75, 3.05) is 33.9 Å². The van der Waals surface area contributed by atoms with Gasteiger partial charge in [0, 0.05) is 19.6 Å². The number of rotatable bonds is 6. The van der Waals surface area contributed by atoms with Crippen LogP contribution in [0.4, 0.5) is 4.79 Å². The lowest BCUT2D eigenvalue weighted by Crippen LogP contribution is -2.49. The van der Waals surface area contributed by atoms with Gasteiger partial charge in [-0.15, -0.1) is 0 Å². The molecule has 1 saturated heterocycles. The van der Waals surface area contributed by atoms with E-state index in [9.17, 15) is 14.7 Å². The molecule has 0 aliphatic carbocycles. The molecule has 7 heteroatoms. The van der Waals surface area contributed by atoms with Crippen LogP contribution in [0.3, 0.4) is 0 Å². The molecule has 1 aromatic rings. The van der Waals surface area contributed by atoms with E-state index >= 15 is 0 Å². The SMILES string of the molecule is COc1ccc(CCNC(=O)N2CC(C)CC(C(=O)O)C2)cc1OC. The number of carbonyl (C=O) groups excluding carboxylic acids is 1. The van der Waals surface area contributed by atoms with Crippen LogP contribution in [0.15, 0.2) is 18.2 Å². The lowest BCUT2D eigenvalue weighted by molar-refractivity contribution is -0.143. The minimum atomic E-state index is -0.838. The van der Waals surface area contributed by atoms with Crippen molar-refractivity contribution in [3.8, 4) is 11.5 Å². The first kappa shape index (κ1) is 18.9. The van der Waals surface area contributed by atoms with E-state index in [1.54, 1.807) is 19.1 Å². The molecule has 2 N–H and O–H groups in total. The second-order valence-electron chi connectivity index (χ2n) is 6.45. The Labute approximate surface area is 147 Å². The number of urea groups is 1. The zero-order valence-corrected chi connectivity index (χ0v) is 14.9. The first-order valence-electron chi connectivity index (χ1n) is 8.41. The number of ether oxygens (including phenoxy) is 2. The van der Waals surface area contributed by atoms with E-state index in [-0.39, 0.29) is 18.5 Å². The molecule has 1 fully saturated rings. The Balaban J connectivity index is 1.86. The molecule has 2 atom stereocenters. The van der Waals surface area contributed by atoms with Crippen molar-refractivity contribution in [2.24, 2.45) is 11.8 Å². The average molecular weight is 350 g/mol. The van der Waals surface area contributed by atoms with Gasteiger partial charge in [0.25, 0.3) is 0 Å². The Morgan fingerprint density at radius 1 is 1.24 bits per heavy atom. The Bertz CT molecular complexity index is 619. The highest BCUT2D eigenvalue weighted by atomic mass is 16.5. The van der Waals surface area contributed by atoms with Crippen LogP contribution in [0.2, 0.25) is 0 Å². The maximum absolute atomic E-state index is 12.3. The summed E-state index contributed by atoms with van der Waals surface area (Å²) in [5.74, 6) is 0.180. The third kappa shape index (κ3) is 5.01. The number of amides is 2. The maximum atomic E-state index is 12.3. The molecular weight excluding hydrogens is 324 g/mol. The van der Waals surface area contributed by atoms with Gasteiger partial charge in [0.1, 0.15) is 0 Å². The summed E-state index contributed by atoms with van der Waals surface area (Å²) in [6.45, 7) is 3.30. The summed E-state index contributed by atoms with van der Waals surface area (Å²) in [6, 6.07) is 5.43. The fourth-order valence-corrected chi connectivity index (χ4v) is 3.16. The van der Waals surface area contributed by atoms with E-state index in [4.69, 9.17) is 9.47 Å². The number of methoxy groups -OCH3 is 2. The monoisotopic (exact) mass is 350 g/mol. The van der Waals surface area contributed by atoms with Gasteiger partial charge in [-0.3, -0.25) is 4.79 Å². The topological polar surface area (TPSA) is 88.1 Å². The van der Waals surface area contributed by atoms with Crippen LogP contribution >= 0.6 is 0 Å². The second-order valence-corrected chi connectivity index (χ2v) is 6.45. The molecule has 138 valence electrons. The smallest absolute Gasteiger partial charge is 0.317 e. The zero-order valence-electron chi connectivity index (χ0n) is 14.9. The lowest BCUT2D eigenvalue weighted by atomic mass is 9.91. The summed E-state index contributed by atoms with van der Waals surface area (Å²) in [4.78, 5) is 25.1. The van der Waals surface area contributed by atoms with E-state index < -0.39 is 11.9 Å². The van der Waals surface area contributed by atoms with Crippen LogP contribution in [-0.2, 0) is 11.2 Å². The van der Waals surface area contributed by atoms with Gasteiger partial charge in [-0.25, -0.2) is 4.79 Å². The van der Waals surface area contributed by atoms with Gasteiger partial charge in [0.15, 0.2) is 11.5 Å². The Hall–Kier alpha value is -2.44. The number of hydrogen-bond acceptors (Lipinski definition) is 4. The number of benzene rings is 1. The van der Waals surface area contributed by atoms with Crippen molar-refractivity contribution in [3.63, 3.8) is 0 Å². The number of carboxylic acid groups (broad SMARTS) is 1. The van der Waals surface area contributed by atoms with Gasteiger partial charge in [0.2, 0.25) is 0 Å². The van der Waals surface area contributed by atoms with Crippen LogP contribution in [-0.4, -0.2) is 55.9 Å². The van der Waals surface area contributed by atoms with Gasteiger partial charge in [-0.05, 0) is 36.5 Å². The fraction of sp³-hybridized carbons (Fsp3) is 0.556. The summed E-state index contributed by atoms with van der Waals surface area (Å²) in [5, 5.41) is 12.1. The standard InChI is InChI=1S/C18H26N2O5/c1-12-8-14(17(21)22)11-20(10-12)18(23)19-7-6-13-4-5-15(24-2)16(9-13)25-3/h4-5,9,12,14H,6-8,10-11H2,1-3H3,(H,19,23)(H,21,22). The fourth-order valence-electron chi connectivity index (χ4n) is 3.16. The van der Waals surface area contributed by atoms with Crippen molar-refractivity contribution in [3.05, 3.63) is 23.8 Å². The van der Waals surface area contributed by atoms with E-state index in [2.05, 4.69) is 5.32 Å². The average Bonchev–Trinajstić information content (AvgIpc) is 2.60. The molecule has 2 rings (SSSR count). The molecular formula is C18H26N2O5. The van der Waals surface area contributed by atoms with Gasteiger partial charge in [0.05, 0.1) is 20.1 Å². The number of hydrogen-bond donors (Lipinski definition) is 2. The van der Waals surface area contributed by atoms with Crippen molar-refractivity contribution < 1.29 is 24.2 Å². The largest absolute Gasteiger partial charge is 0.493 e. The van der Waals surface area contributed by atoms with Gasteiger partial charge in [-0.1, -0.05) is 13.0 Å². The Kier molecular flexibility index (Phi) is 6.50. The highest BCUT2D eigenvalue weighted by Crippen LogP contribution is 2.27. The Morgan fingerprint density at radius 3 is 2.60 bits per heavy atom.